The van der Waals surface area contributed by atoms with Gasteiger partial charge in [0.25, 0.3) is 0 Å². The van der Waals surface area contributed by atoms with Crippen LogP contribution >= 0.6 is 0 Å². The van der Waals surface area contributed by atoms with Gasteiger partial charge in [0.2, 0.25) is 0 Å². The first kappa shape index (κ1) is 10.8. The van der Waals surface area contributed by atoms with Crippen LogP contribution in [0.4, 0.5) is 4.39 Å². The van der Waals surface area contributed by atoms with Gasteiger partial charge in [-0.3, -0.25) is 0 Å². The molecular weight excluding hydrogens is 179 g/mol. The average molecular weight is 194 g/mol. The molecule has 1 nitrogen and oxygen atoms in total. The van der Waals surface area contributed by atoms with Crippen molar-refractivity contribution in [3.8, 4) is 5.75 Å². The minimum Gasteiger partial charge on any atom is -0.489 e. The number of halogens is 1. The SMILES string of the molecule is C=C(CC)COc1ccc(C)c(F)c1. The summed E-state index contributed by atoms with van der Waals surface area (Å²) in [4.78, 5) is 0. The van der Waals surface area contributed by atoms with Crippen molar-refractivity contribution in [1.29, 1.82) is 0 Å². The number of ether oxygens (including phenoxy) is 1. The lowest BCUT2D eigenvalue weighted by molar-refractivity contribution is 0.347. The third kappa shape index (κ3) is 2.87. The molecule has 0 heterocycles. The van der Waals surface area contributed by atoms with Crippen LogP contribution in [0.25, 0.3) is 0 Å². The molecule has 0 unspecified atom stereocenters. The van der Waals surface area contributed by atoms with Gasteiger partial charge in [-0.2, -0.15) is 0 Å². The fourth-order valence-corrected chi connectivity index (χ4v) is 0.951. The Morgan fingerprint density at radius 3 is 2.79 bits per heavy atom. The second-order valence-electron chi connectivity index (χ2n) is 3.30. The van der Waals surface area contributed by atoms with Crippen LogP contribution in [0.2, 0.25) is 0 Å². The molecule has 0 atom stereocenters. The van der Waals surface area contributed by atoms with Crippen LogP contribution in [0.15, 0.2) is 30.4 Å². The molecule has 1 rings (SSSR count). The second-order valence-corrected chi connectivity index (χ2v) is 3.30. The van der Waals surface area contributed by atoms with Gasteiger partial charge in [0.05, 0.1) is 0 Å². The van der Waals surface area contributed by atoms with Gasteiger partial charge in [0.1, 0.15) is 18.2 Å². The molecule has 0 amide bonds. The van der Waals surface area contributed by atoms with Gasteiger partial charge in [-0.1, -0.05) is 19.6 Å². The zero-order valence-electron chi connectivity index (χ0n) is 8.64. The van der Waals surface area contributed by atoms with Gasteiger partial charge in [0, 0.05) is 6.07 Å². The lowest BCUT2D eigenvalue weighted by atomic mass is 10.2. The summed E-state index contributed by atoms with van der Waals surface area (Å²) in [5.74, 6) is 0.326. The molecule has 1 aromatic carbocycles. The van der Waals surface area contributed by atoms with Crippen molar-refractivity contribution in [2.75, 3.05) is 6.61 Å². The summed E-state index contributed by atoms with van der Waals surface area (Å²) < 4.78 is 18.4. The molecule has 0 N–H and O–H groups in total. The summed E-state index contributed by atoms with van der Waals surface area (Å²) in [5, 5.41) is 0. The number of benzene rings is 1. The molecule has 0 saturated carbocycles. The third-order valence-corrected chi connectivity index (χ3v) is 2.09. The van der Waals surface area contributed by atoms with Crippen molar-refractivity contribution in [2.45, 2.75) is 20.3 Å². The van der Waals surface area contributed by atoms with Crippen LogP contribution in [-0.4, -0.2) is 6.61 Å². The molecule has 76 valence electrons. The predicted molar refractivity (Wildman–Crippen MR) is 56.1 cm³/mol. The highest BCUT2D eigenvalue weighted by Crippen LogP contribution is 2.16. The summed E-state index contributed by atoms with van der Waals surface area (Å²) in [5.41, 5.74) is 1.64. The molecule has 0 radical (unpaired) electrons. The minimum atomic E-state index is -0.232. The first-order valence-electron chi connectivity index (χ1n) is 4.69. The maximum Gasteiger partial charge on any atom is 0.129 e. The standard InChI is InChI=1S/C12H15FO/c1-4-9(2)8-14-11-6-5-10(3)12(13)7-11/h5-7H,2,4,8H2,1,3H3. The van der Waals surface area contributed by atoms with E-state index in [1.807, 2.05) is 6.92 Å². The molecule has 2 heteroatoms. The Morgan fingerprint density at radius 2 is 2.21 bits per heavy atom. The third-order valence-electron chi connectivity index (χ3n) is 2.09. The molecular formula is C12H15FO. The summed E-state index contributed by atoms with van der Waals surface area (Å²) in [7, 11) is 0. The van der Waals surface area contributed by atoms with Crippen molar-refractivity contribution in [1.82, 2.24) is 0 Å². The van der Waals surface area contributed by atoms with E-state index in [9.17, 15) is 4.39 Å². The van der Waals surface area contributed by atoms with Crippen molar-refractivity contribution in [3.63, 3.8) is 0 Å². The first-order chi connectivity index (χ1) is 6.63. The summed E-state index contributed by atoms with van der Waals surface area (Å²) in [6, 6.07) is 4.87. The Bertz CT molecular complexity index is 331. The highest BCUT2D eigenvalue weighted by atomic mass is 19.1. The number of hydrogen-bond acceptors (Lipinski definition) is 1. The van der Waals surface area contributed by atoms with Crippen LogP contribution in [0.1, 0.15) is 18.9 Å². The van der Waals surface area contributed by atoms with E-state index in [-0.39, 0.29) is 5.82 Å². The van der Waals surface area contributed by atoms with E-state index in [2.05, 4.69) is 6.58 Å². The summed E-state index contributed by atoms with van der Waals surface area (Å²) >= 11 is 0. The monoisotopic (exact) mass is 194 g/mol. The van der Waals surface area contributed by atoms with Gasteiger partial charge in [0.15, 0.2) is 0 Å². The normalized spacial score (nSPS) is 9.93. The zero-order valence-corrected chi connectivity index (χ0v) is 8.64. The molecule has 14 heavy (non-hydrogen) atoms. The Balaban J connectivity index is 2.60. The first-order valence-corrected chi connectivity index (χ1v) is 4.69. The molecule has 0 aromatic heterocycles. The maximum atomic E-state index is 13.1. The topological polar surface area (TPSA) is 9.23 Å². The fraction of sp³-hybridized carbons (Fsp3) is 0.333. The number of hydrogen-bond donors (Lipinski definition) is 0. The van der Waals surface area contributed by atoms with E-state index in [1.54, 1.807) is 19.1 Å². The molecule has 1 aromatic rings. The Labute approximate surface area is 84.2 Å². The highest BCUT2D eigenvalue weighted by molar-refractivity contribution is 5.28. The van der Waals surface area contributed by atoms with Crippen molar-refractivity contribution in [3.05, 3.63) is 41.7 Å². The molecule has 0 aliphatic carbocycles. The Hall–Kier alpha value is -1.31. The number of aryl methyl sites for hydroxylation is 1. The van der Waals surface area contributed by atoms with Crippen molar-refractivity contribution in [2.24, 2.45) is 0 Å². The zero-order chi connectivity index (χ0) is 10.6. The van der Waals surface area contributed by atoms with Gasteiger partial charge < -0.3 is 4.74 Å². The van der Waals surface area contributed by atoms with Crippen LogP contribution in [0, 0.1) is 12.7 Å². The lowest BCUT2D eigenvalue weighted by Gasteiger charge is -2.07. The molecule has 0 spiro atoms. The smallest absolute Gasteiger partial charge is 0.129 e. The maximum absolute atomic E-state index is 13.1. The van der Waals surface area contributed by atoms with Crippen LogP contribution in [-0.2, 0) is 0 Å². The van der Waals surface area contributed by atoms with E-state index in [1.165, 1.54) is 6.07 Å². The van der Waals surface area contributed by atoms with Crippen molar-refractivity contribution >= 4 is 0 Å². The van der Waals surface area contributed by atoms with Gasteiger partial charge >= 0.3 is 0 Å². The van der Waals surface area contributed by atoms with E-state index in [0.29, 0.717) is 17.9 Å². The van der Waals surface area contributed by atoms with E-state index in [0.717, 1.165) is 12.0 Å². The summed E-state index contributed by atoms with van der Waals surface area (Å²) in [6.45, 7) is 8.01. The van der Waals surface area contributed by atoms with E-state index in [4.69, 9.17) is 4.74 Å². The molecule has 0 bridgehead atoms. The van der Waals surface area contributed by atoms with Crippen molar-refractivity contribution < 1.29 is 9.13 Å². The lowest BCUT2D eigenvalue weighted by Crippen LogP contribution is -1.99. The van der Waals surface area contributed by atoms with Crippen LogP contribution in [0.5, 0.6) is 5.75 Å². The van der Waals surface area contributed by atoms with Gasteiger partial charge in [-0.15, -0.1) is 0 Å². The number of rotatable bonds is 4. The van der Waals surface area contributed by atoms with Gasteiger partial charge in [-0.05, 0) is 30.5 Å². The predicted octanol–water partition coefficient (Wildman–Crippen LogP) is 3.48. The molecule has 0 aliphatic rings. The van der Waals surface area contributed by atoms with E-state index < -0.39 is 0 Å². The average Bonchev–Trinajstić information content (AvgIpc) is 2.19. The molecule has 0 saturated heterocycles. The minimum absolute atomic E-state index is 0.232. The fourth-order valence-electron chi connectivity index (χ4n) is 0.951. The van der Waals surface area contributed by atoms with Crippen LogP contribution < -0.4 is 4.74 Å². The largest absolute Gasteiger partial charge is 0.489 e. The Morgan fingerprint density at radius 1 is 1.50 bits per heavy atom. The quantitative estimate of drug-likeness (QED) is 0.667. The summed E-state index contributed by atoms with van der Waals surface area (Å²) in [6.07, 6.45) is 0.883. The highest BCUT2D eigenvalue weighted by Gasteiger charge is 2.00. The molecule has 0 aliphatic heterocycles. The van der Waals surface area contributed by atoms with Crippen LogP contribution in [0.3, 0.4) is 0 Å². The van der Waals surface area contributed by atoms with Gasteiger partial charge in [-0.25, -0.2) is 4.39 Å². The Kier molecular flexibility index (Phi) is 3.69. The second kappa shape index (κ2) is 4.80. The molecule has 0 fully saturated rings. The van der Waals surface area contributed by atoms with E-state index >= 15 is 0 Å².